The van der Waals surface area contributed by atoms with Crippen molar-refractivity contribution < 1.29 is 9.53 Å². The van der Waals surface area contributed by atoms with Crippen molar-refractivity contribution in [3.05, 3.63) is 64.2 Å². The molecule has 0 N–H and O–H groups in total. The molecule has 32 heavy (non-hydrogen) atoms. The first-order chi connectivity index (χ1) is 15.5. The average molecular weight is 455 g/mol. The number of likely N-dealkylation sites (tertiary alicyclic amines) is 1. The van der Waals surface area contributed by atoms with Crippen LogP contribution in [0.4, 0.5) is 0 Å². The van der Waals surface area contributed by atoms with Crippen LogP contribution in [-0.2, 0) is 24.3 Å². The second-order valence-electron chi connectivity index (χ2n) is 9.69. The van der Waals surface area contributed by atoms with Gasteiger partial charge in [0.25, 0.3) is 0 Å². The Bertz CT molecular complexity index is 915. The van der Waals surface area contributed by atoms with E-state index < -0.39 is 0 Å². The minimum Gasteiger partial charge on any atom is -0.492 e. The Labute approximate surface area is 197 Å². The van der Waals surface area contributed by atoms with Crippen LogP contribution < -0.4 is 4.74 Å². The maximum Gasteiger partial charge on any atom is 0.227 e. The summed E-state index contributed by atoms with van der Waals surface area (Å²) in [6, 6.07) is 14.7. The third kappa shape index (κ3) is 5.85. The van der Waals surface area contributed by atoms with Crippen molar-refractivity contribution in [1.29, 1.82) is 0 Å². The van der Waals surface area contributed by atoms with E-state index >= 15 is 0 Å². The van der Waals surface area contributed by atoms with Gasteiger partial charge in [-0.05, 0) is 60.9 Å². The van der Waals surface area contributed by atoms with Gasteiger partial charge in [0.2, 0.25) is 5.91 Å². The highest BCUT2D eigenvalue weighted by atomic mass is 35.5. The first-order valence-electron chi connectivity index (χ1n) is 12.0. The van der Waals surface area contributed by atoms with Gasteiger partial charge in [0.05, 0.1) is 17.5 Å². The molecule has 2 aromatic rings. The highest BCUT2D eigenvalue weighted by Gasteiger charge is 2.32. The Hall–Kier alpha value is -2.04. The van der Waals surface area contributed by atoms with Gasteiger partial charge in [0.15, 0.2) is 0 Å². The van der Waals surface area contributed by atoms with Crippen LogP contribution in [0.15, 0.2) is 42.5 Å². The lowest BCUT2D eigenvalue weighted by molar-refractivity contribution is -0.136. The van der Waals surface area contributed by atoms with Crippen molar-refractivity contribution in [2.75, 3.05) is 26.2 Å². The maximum absolute atomic E-state index is 13.6. The molecule has 2 aliphatic rings. The Kier molecular flexibility index (Phi) is 7.75. The average Bonchev–Trinajstić information content (AvgIpc) is 3.09. The zero-order chi connectivity index (χ0) is 22.5. The van der Waals surface area contributed by atoms with E-state index in [1.165, 1.54) is 11.1 Å². The third-order valence-corrected chi connectivity index (χ3v) is 6.69. The smallest absolute Gasteiger partial charge is 0.227 e. The topological polar surface area (TPSA) is 32.8 Å². The minimum absolute atomic E-state index is 0.0668. The van der Waals surface area contributed by atoms with Crippen LogP contribution in [0.25, 0.3) is 0 Å². The molecular weight excluding hydrogens is 420 g/mol. The normalized spacial score (nSPS) is 18.8. The van der Waals surface area contributed by atoms with Gasteiger partial charge in [-0.15, -0.1) is 0 Å². The largest absolute Gasteiger partial charge is 0.492 e. The third-order valence-electron chi connectivity index (χ3n) is 6.41. The van der Waals surface area contributed by atoms with E-state index in [4.69, 9.17) is 16.3 Å². The SMILES string of the molecule is CC(C)CN(Cc1cc(Cl)c2c(c1)CCCCO2)C(=O)C1CCN(Cc2ccccc2)C1. The molecular formula is C27H35ClN2O2. The summed E-state index contributed by atoms with van der Waals surface area (Å²) in [5.74, 6) is 1.59. The highest BCUT2D eigenvalue weighted by Crippen LogP contribution is 2.34. The van der Waals surface area contributed by atoms with E-state index in [0.29, 0.717) is 17.5 Å². The molecule has 0 radical (unpaired) electrons. The number of hydrogen-bond donors (Lipinski definition) is 0. The molecule has 0 spiro atoms. The van der Waals surface area contributed by atoms with E-state index in [1.807, 2.05) is 12.1 Å². The zero-order valence-electron chi connectivity index (χ0n) is 19.4. The standard InChI is InChI=1S/C27H35ClN2O2/c1-20(2)16-30(18-22-14-23-10-6-7-13-32-26(23)25(28)15-22)27(31)24-11-12-29(19-24)17-21-8-4-3-5-9-21/h3-5,8-9,14-15,20,24H,6-7,10-13,16-19H2,1-2H3. The van der Waals surface area contributed by atoms with Crippen LogP contribution in [0.3, 0.4) is 0 Å². The molecule has 0 saturated carbocycles. The van der Waals surface area contributed by atoms with Crippen molar-refractivity contribution in [1.82, 2.24) is 9.80 Å². The van der Waals surface area contributed by atoms with Gasteiger partial charge in [-0.3, -0.25) is 9.69 Å². The highest BCUT2D eigenvalue weighted by molar-refractivity contribution is 6.32. The summed E-state index contributed by atoms with van der Waals surface area (Å²) in [5, 5.41) is 0.672. The molecule has 1 amide bonds. The zero-order valence-corrected chi connectivity index (χ0v) is 20.1. The van der Waals surface area contributed by atoms with Gasteiger partial charge in [0.1, 0.15) is 5.75 Å². The fourth-order valence-corrected chi connectivity index (χ4v) is 5.23. The summed E-state index contributed by atoms with van der Waals surface area (Å²) in [4.78, 5) is 18.0. The molecule has 2 heterocycles. The van der Waals surface area contributed by atoms with Gasteiger partial charge < -0.3 is 9.64 Å². The number of benzene rings is 2. The van der Waals surface area contributed by atoms with Crippen molar-refractivity contribution in [3.8, 4) is 5.75 Å². The van der Waals surface area contributed by atoms with Crippen molar-refractivity contribution in [2.24, 2.45) is 11.8 Å². The summed E-state index contributed by atoms with van der Waals surface area (Å²) < 4.78 is 5.88. The van der Waals surface area contributed by atoms with Gasteiger partial charge in [0, 0.05) is 26.2 Å². The summed E-state index contributed by atoms with van der Waals surface area (Å²) in [7, 11) is 0. The minimum atomic E-state index is 0.0668. The van der Waals surface area contributed by atoms with Gasteiger partial charge in [-0.25, -0.2) is 0 Å². The lowest BCUT2D eigenvalue weighted by Gasteiger charge is -2.28. The van der Waals surface area contributed by atoms with E-state index in [0.717, 1.165) is 69.8 Å². The summed E-state index contributed by atoms with van der Waals surface area (Å²) in [6.07, 6.45) is 4.08. The van der Waals surface area contributed by atoms with Gasteiger partial charge in [-0.2, -0.15) is 0 Å². The number of fused-ring (bicyclic) bond motifs is 1. The number of aryl methyl sites for hydroxylation is 1. The molecule has 0 aliphatic carbocycles. The lowest BCUT2D eigenvalue weighted by atomic mass is 10.0. The second kappa shape index (κ2) is 10.7. The fraction of sp³-hybridized carbons (Fsp3) is 0.519. The number of carbonyl (C=O) groups excluding carboxylic acids is 1. The molecule has 1 atom stereocenters. The quantitative estimate of drug-likeness (QED) is 0.548. The molecule has 1 fully saturated rings. The van der Waals surface area contributed by atoms with Crippen molar-refractivity contribution >= 4 is 17.5 Å². The Morgan fingerprint density at radius 2 is 2.00 bits per heavy atom. The number of carbonyl (C=O) groups is 1. The fourth-order valence-electron chi connectivity index (χ4n) is 4.91. The molecule has 2 aliphatic heterocycles. The number of amides is 1. The molecule has 0 bridgehead atoms. The predicted octanol–water partition coefficient (Wildman–Crippen LogP) is 5.56. The molecule has 2 aromatic carbocycles. The van der Waals surface area contributed by atoms with E-state index in [2.05, 4.69) is 54.0 Å². The molecule has 5 heteroatoms. The van der Waals surface area contributed by atoms with Crippen LogP contribution >= 0.6 is 11.6 Å². The Morgan fingerprint density at radius 3 is 2.78 bits per heavy atom. The molecule has 1 unspecified atom stereocenters. The second-order valence-corrected chi connectivity index (χ2v) is 10.1. The first-order valence-corrected chi connectivity index (χ1v) is 12.4. The number of halogens is 1. The van der Waals surface area contributed by atoms with E-state index in [9.17, 15) is 4.79 Å². The monoisotopic (exact) mass is 454 g/mol. The molecule has 0 aromatic heterocycles. The predicted molar refractivity (Wildman–Crippen MR) is 130 cm³/mol. The van der Waals surface area contributed by atoms with E-state index in [-0.39, 0.29) is 11.8 Å². The van der Waals surface area contributed by atoms with Crippen LogP contribution in [0, 0.1) is 11.8 Å². The Morgan fingerprint density at radius 1 is 1.19 bits per heavy atom. The van der Waals surface area contributed by atoms with Crippen LogP contribution in [0.1, 0.15) is 49.8 Å². The van der Waals surface area contributed by atoms with Crippen molar-refractivity contribution in [3.63, 3.8) is 0 Å². The lowest BCUT2D eigenvalue weighted by Crippen LogP contribution is -2.39. The summed E-state index contributed by atoms with van der Waals surface area (Å²) in [5.41, 5.74) is 3.59. The van der Waals surface area contributed by atoms with Crippen LogP contribution in [-0.4, -0.2) is 41.9 Å². The van der Waals surface area contributed by atoms with Crippen LogP contribution in [0.5, 0.6) is 5.75 Å². The summed E-state index contributed by atoms with van der Waals surface area (Å²) >= 11 is 6.58. The molecule has 4 nitrogen and oxygen atoms in total. The van der Waals surface area contributed by atoms with Gasteiger partial charge >= 0.3 is 0 Å². The number of nitrogens with zero attached hydrogens (tertiary/aromatic N) is 2. The van der Waals surface area contributed by atoms with E-state index in [1.54, 1.807) is 0 Å². The molecule has 4 rings (SSSR count). The molecule has 172 valence electrons. The molecule has 1 saturated heterocycles. The maximum atomic E-state index is 13.6. The van der Waals surface area contributed by atoms with Crippen molar-refractivity contribution in [2.45, 2.75) is 52.6 Å². The Balaban J connectivity index is 1.45. The van der Waals surface area contributed by atoms with Crippen LogP contribution in [0.2, 0.25) is 5.02 Å². The van der Waals surface area contributed by atoms with Gasteiger partial charge in [-0.1, -0.05) is 61.8 Å². The first kappa shape index (κ1) is 23.1. The number of ether oxygens (including phenoxy) is 1. The number of rotatable bonds is 7. The number of hydrogen-bond acceptors (Lipinski definition) is 3. The summed E-state index contributed by atoms with van der Waals surface area (Å²) in [6.45, 7) is 9.17.